The number of aliphatic hydroxyl groups is 1. The van der Waals surface area contributed by atoms with Crippen molar-refractivity contribution in [3.05, 3.63) is 10.8 Å². The summed E-state index contributed by atoms with van der Waals surface area (Å²) in [5.41, 5.74) is -0.878. The summed E-state index contributed by atoms with van der Waals surface area (Å²) in [5, 5.41) is 13.3. The predicted molar refractivity (Wildman–Crippen MR) is 45.9 cm³/mol. The zero-order valence-electron chi connectivity index (χ0n) is 6.74. The maximum atomic E-state index is 9.60. The standard InChI is InChI=1S/C8H10O3S/c1-8(9)4-10-6-2-12-3-7(6)11-5-8/h2-3,9H,4-5H2,1H3. The zero-order chi connectivity index (χ0) is 8.60. The molecule has 0 atom stereocenters. The van der Waals surface area contributed by atoms with Gasteiger partial charge in [0.15, 0.2) is 11.5 Å². The molecule has 12 heavy (non-hydrogen) atoms. The lowest BCUT2D eigenvalue weighted by Gasteiger charge is -2.18. The summed E-state index contributed by atoms with van der Waals surface area (Å²) in [7, 11) is 0. The average Bonchev–Trinajstić information content (AvgIpc) is 2.40. The van der Waals surface area contributed by atoms with Gasteiger partial charge in [-0.1, -0.05) is 0 Å². The van der Waals surface area contributed by atoms with Crippen LogP contribution in [0.1, 0.15) is 6.92 Å². The lowest BCUT2D eigenvalue weighted by molar-refractivity contribution is -0.0121. The van der Waals surface area contributed by atoms with Gasteiger partial charge in [0.1, 0.15) is 18.8 Å². The quantitative estimate of drug-likeness (QED) is 0.663. The Bertz CT molecular complexity index is 255. The highest BCUT2D eigenvalue weighted by atomic mass is 32.1. The van der Waals surface area contributed by atoms with Crippen molar-refractivity contribution < 1.29 is 14.6 Å². The first-order chi connectivity index (χ1) is 5.67. The van der Waals surface area contributed by atoms with Crippen molar-refractivity contribution in [2.45, 2.75) is 12.5 Å². The molecule has 0 unspecified atom stereocenters. The van der Waals surface area contributed by atoms with E-state index in [1.54, 1.807) is 6.92 Å². The van der Waals surface area contributed by atoms with Gasteiger partial charge in [0.25, 0.3) is 0 Å². The van der Waals surface area contributed by atoms with Crippen molar-refractivity contribution in [1.82, 2.24) is 0 Å². The average molecular weight is 186 g/mol. The Morgan fingerprint density at radius 3 is 2.33 bits per heavy atom. The van der Waals surface area contributed by atoms with Crippen LogP contribution >= 0.6 is 11.3 Å². The summed E-state index contributed by atoms with van der Waals surface area (Å²) in [6.45, 7) is 2.27. The highest BCUT2D eigenvalue weighted by Gasteiger charge is 2.27. The molecular weight excluding hydrogens is 176 g/mol. The van der Waals surface area contributed by atoms with Crippen LogP contribution in [-0.2, 0) is 0 Å². The van der Waals surface area contributed by atoms with E-state index in [2.05, 4.69) is 0 Å². The second-order valence-electron chi connectivity index (χ2n) is 3.17. The Kier molecular flexibility index (Phi) is 1.73. The number of rotatable bonds is 0. The molecular formula is C8H10O3S. The minimum absolute atomic E-state index is 0.288. The number of ether oxygens (including phenoxy) is 2. The molecule has 0 amide bonds. The van der Waals surface area contributed by atoms with Crippen LogP contribution in [0.15, 0.2) is 10.8 Å². The summed E-state index contributed by atoms with van der Waals surface area (Å²) in [4.78, 5) is 0. The molecule has 2 heterocycles. The predicted octanol–water partition coefficient (Wildman–Crippen LogP) is 1.27. The van der Waals surface area contributed by atoms with E-state index >= 15 is 0 Å². The minimum atomic E-state index is -0.878. The van der Waals surface area contributed by atoms with Gasteiger partial charge in [-0.15, -0.1) is 11.3 Å². The molecule has 1 N–H and O–H groups in total. The first-order valence-electron chi connectivity index (χ1n) is 3.72. The fourth-order valence-corrected chi connectivity index (χ4v) is 1.68. The first-order valence-corrected chi connectivity index (χ1v) is 4.66. The molecule has 0 radical (unpaired) electrons. The Morgan fingerprint density at radius 1 is 1.33 bits per heavy atom. The monoisotopic (exact) mass is 186 g/mol. The topological polar surface area (TPSA) is 38.7 Å². The van der Waals surface area contributed by atoms with E-state index in [0.29, 0.717) is 0 Å². The second kappa shape index (κ2) is 2.64. The number of thiophene rings is 1. The molecule has 0 aliphatic carbocycles. The molecule has 2 rings (SSSR count). The molecule has 0 spiro atoms. The van der Waals surface area contributed by atoms with Crippen LogP contribution in [-0.4, -0.2) is 23.9 Å². The minimum Gasteiger partial charge on any atom is -0.486 e. The molecule has 66 valence electrons. The van der Waals surface area contributed by atoms with E-state index < -0.39 is 5.60 Å². The summed E-state index contributed by atoms with van der Waals surface area (Å²) < 4.78 is 10.7. The Morgan fingerprint density at radius 2 is 1.83 bits per heavy atom. The summed E-state index contributed by atoms with van der Waals surface area (Å²) >= 11 is 1.53. The molecule has 0 fully saturated rings. The van der Waals surface area contributed by atoms with Crippen molar-refractivity contribution in [1.29, 1.82) is 0 Å². The lowest BCUT2D eigenvalue weighted by Crippen LogP contribution is -2.37. The van der Waals surface area contributed by atoms with Crippen LogP contribution in [0.2, 0.25) is 0 Å². The van der Waals surface area contributed by atoms with Crippen molar-refractivity contribution in [2.24, 2.45) is 0 Å². The molecule has 1 aliphatic rings. The third-order valence-electron chi connectivity index (χ3n) is 1.67. The van der Waals surface area contributed by atoms with Gasteiger partial charge in [0, 0.05) is 10.8 Å². The third kappa shape index (κ3) is 1.40. The molecule has 0 saturated carbocycles. The first kappa shape index (κ1) is 7.89. The van der Waals surface area contributed by atoms with E-state index in [-0.39, 0.29) is 13.2 Å². The molecule has 1 aromatic rings. The van der Waals surface area contributed by atoms with E-state index in [0.717, 1.165) is 11.5 Å². The van der Waals surface area contributed by atoms with Crippen molar-refractivity contribution in [2.75, 3.05) is 13.2 Å². The largest absolute Gasteiger partial charge is 0.486 e. The molecule has 0 saturated heterocycles. The molecule has 4 heteroatoms. The molecule has 3 nitrogen and oxygen atoms in total. The zero-order valence-corrected chi connectivity index (χ0v) is 7.56. The van der Waals surface area contributed by atoms with Crippen LogP contribution in [0, 0.1) is 0 Å². The van der Waals surface area contributed by atoms with E-state index in [1.165, 1.54) is 11.3 Å². The highest BCUT2D eigenvalue weighted by Crippen LogP contribution is 2.34. The van der Waals surface area contributed by atoms with Crippen molar-refractivity contribution >= 4 is 11.3 Å². The molecule has 0 bridgehead atoms. The fraction of sp³-hybridized carbons (Fsp3) is 0.500. The van der Waals surface area contributed by atoms with Gasteiger partial charge in [0.2, 0.25) is 0 Å². The van der Waals surface area contributed by atoms with Gasteiger partial charge < -0.3 is 14.6 Å². The summed E-state index contributed by atoms with van der Waals surface area (Å²) in [5.74, 6) is 1.47. The fourth-order valence-electron chi connectivity index (χ4n) is 0.992. The molecule has 1 aromatic heterocycles. The van der Waals surface area contributed by atoms with Gasteiger partial charge in [-0.2, -0.15) is 0 Å². The highest BCUT2D eigenvalue weighted by molar-refractivity contribution is 7.08. The summed E-state index contributed by atoms with van der Waals surface area (Å²) in [6, 6.07) is 0. The molecule has 0 aromatic carbocycles. The Hall–Kier alpha value is -0.740. The lowest BCUT2D eigenvalue weighted by atomic mass is 10.1. The van der Waals surface area contributed by atoms with E-state index in [9.17, 15) is 5.11 Å². The third-order valence-corrected chi connectivity index (χ3v) is 2.37. The number of fused-ring (bicyclic) bond motifs is 1. The number of hydrogen-bond acceptors (Lipinski definition) is 4. The Labute approximate surface area is 74.5 Å². The van der Waals surface area contributed by atoms with Crippen LogP contribution in [0.25, 0.3) is 0 Å². The van der Waals surface area contributed by atoms with Gasteiger partial charge in [-0.25, -0.2) is 0 Å². The maximum absolute atomic E-state index is 9.60. The van der Waals surface area contributed by atoms with Gasteiger partial charge >= 0.3 is 0 Å². The van der Waals surface area contributed by atoms with Crippen LogP contribution in [0.5, 0.6) is 11.5 Å². The van der Waals surface area contributed by atoms with Crippen molar-refractivity contribution in [3.63, 3.8) is 0 Å². The maximum Gasteiger partial charge on any atom is 0.172 e. The Balaban J connectivity index is 2.21. The van der Waals surface area contributed by atoms with Crippen LogP contribution < -0.4 is 9.47 Å². The van der Waals surface area contributed by atoms with Gasteiger partial charge in [0.05, 0.1) is 0 Å². The van der Waals surface area contributed by atoms with E-state index in [1.807, 2.05) is 10.8 Å². The molecule has 1 aliphatic heterocycles. The SMILES string of the molecule is CC1(O)COc2cscc2OC1. The normalized spacial score (nSPS) is 20.2. The second-order valence-corrected chi connectivity index (χ2v) is 3.92. The van der Waals surface area contributed by atoms with E-state index in [4.69, 9.17) is 9.47 Å². The van der Waals surface area contributed by atoms with Crippen LogP contribution in [0.4, 0.5) is 0 Å². The van der Waals surface area contributed by atoms with Gasteiger partial charge in [-0.3, -0.25) is 0 Å². The smallest absolute Gasteiger partial charge is 0.172 e. The van der Waals surface area contributed by atoms with Crippen LogP contribution in [0.3, 0.4) is 0 Å². The van der Waals surface area contributed by atoms with Gasteiger partial charge in [-0.05, 0) is 6.92 Å². The summed E-state index contributed by atoms with van der Waals surface area (Å²) in [6.07, 6.45) is 0. The number of hydrogen-bond donors (Lipinski definition) is 1. The van der Waals surface area contributed by atoms with Crippen molar-refractivity contribution in [3.8, 4) is 11.5 Å².